The van der Waals surface area contributed by atoms with E-state index in [-0.39, 0.29) is 5.41 Å². The molecule has 0 aromatic heterocycles. The Morgan fingerprint density at radius 3 is 2.10 bits per heavy atom. The van der Waals surface area contributed by atoms with Crippen LogP contribution < -0.4 is 0 Å². The van der Waals surface area contributed by atoms with Crippen LogP contribution in [0.2, 0.25) is 0 Å². The van der Waals surface area contributed by atoms with Crippen LogP contribution in [0.4, 0.5) is 0 Å². The van der Waals surface area contributed by atoms with Crippen LogP contribution in [-0.2, 0) is 11.8 Å². The maximum absolute atomic E-state index is 2.46. The van der Waals surface area contributed by atoms with Gasteiger partial charge in [-0.3, -0.25) is 0 Å². The number of benzene rings is 5. The molecular weight excluding hydrogens is 348 g/mol. The fourth-order valence-corrected chi connectivity index (χ4v) is 5.68. The summed E-state index contributed by atoms with van der Waals surface area (Å²) in [6, 6.07) is 33.8. The van der Waals surface area contributed by atoms with E-state index in [1.54, 1.807) is 5.56 Å². The Kier molecular flexibility index (Phi) is 3.59. The van der Waals surface area contributed by atoms with Crippen LogP contribution in [0, 0.1) is 0 Å². The van der Waals surface area contributed by atoms with Gasteiger partial charge in [0.05, 0.1) is 0 Å². The average molecular weight is 373 g/mol. The molecule has 29 heavy (non-hydrogen) atoms. The minimum absolute atomic E-state index is 0.0499. The van der Waals surface area contributed by atoms with Crippen molar-refractivity contribution in [2.75, 3.05) is 0 Å². The van der Waals surface area contributed by atoms with Gasteiger partial charge in [-0.05, 0) is 68.3 Å². The molecule has 5 aromatic rings. The highest BCUT2D eigenvalue weighted by atomic mass is 14.4. The molecule has 0 aliphatic heterocycles. The van der Waals surface area contributed by atoms with Gasteiger partial charge in [-0.2, -0.15) is 0 Å². The maximum Gasteiger partial charge on any atom is 0.0183 e. The highest BCUT2D eigenvalue weighted by molar-refractivity contribution is 6.09. The van der Waals surface area contributed by atoms with E-state index in [0.717, 1.165) is 0 Å². The third kappa shape index (κ3) is 2.39. The topological polar surface area (TPSA) is 0 Å². The molecule has 0 N–H and O–H groups in total. The van der Waals surface area contributed by atoms with Crippen molar-refractivity contribution in [2.45, 2.75) is 31.6 Å². The summed E-state index contributed by atoms with van der Waals surface area (Å²) in [7, 11) is 0. The van der Waals surface area contributed by atoms with Crippen molar-refractivity contribution in [3.05, 3.63) is 108 Å². The fraction of sp³-hybridized carbons (Fsp3) is 0.172. The smallest absolute Gasteiger partial charge is 0.0183 e. The van der Waals surface area contributed by atoms with E-state index in [2.05, 4.69) is 97.9 Å². The quantitative estimate of drug-likeness (QED) is 0.263. The first-order valence-electron chi connectivity index (χ1n) is 10.7. The van der Waals surface area contributed by atoms with Crippen LogP contribution in [0.1, 0.15) is 36.5 Å². The Hall–Kier alpha value is -3.12. The second-order valence-corrected chi connectivity index (χ2v) is 8.69. The summed E-state index contributed by atoms with van der Waals surface area (Å²) in [6.45, 7) is 2.46. The maximum atomic E-state index is 2.46. The van der Waals surface area contributed by atoms with Gasteiger partial charge in [0.2, 0.25) is 0 Å². The summed E-state index contributed by atoms with van der Waals surface area (Å²) >= 11 is 0. The van der Waals surface area contributed by atoms with E-state index in [4.69, 9.17) is 0 Å². The second kappa shape index (κ2) is 6.19. The van der Waals surface area contributed by atoms with Gasteiger partial charge in [0, 0.05) is 5.41 Å². The summed E-state index contributed by atoms with van der Waals surface area (Å²) in [5.41, 5.74) is 4.59. The lowest BCUT2D eigenvalue weighted by Crippen LogP contribution is -2.29. The van der Waals surface area contributed by atoms with E-state index in [1.807, 2.05) is 0 Å². The Bertz CT molecular complexity index is 1390. The van der Waals surface area contributed by atoms with Gasteiger partial charge in [0.25, 0.3) is 0 Å². The molecule has 1 aliphatic carbocycles. The number of hydrogen-bond donors (Lipinski definition) is 0. The largest absolute Gasteiger partial charge is 0.0616 e. The van der Waals surface area contributed by atoms with Crippen molar-refractivity contribution in [1.29, 1.82) is 0 Å². The molecule has 1 unspecified atom stereocenters. The van der Waals surface area contributed by atoms with Gasteiger partial charge in [-0.25, -0.2) is 0 Å². The van der Waals surface area contributed by atoms with E-state index in [9.17, 15) is 0 Å². The highest BCUT2D eigenvalue weighted by Crippen LogP contribution is 2.47. The van der Waals surface area contributed by atoms with Gasteiger partial charge in [0.1, 0.15) is 0 Å². The summed E-state index contributed by atoms with van der Waals surface area (Å²) in [6.07, 6.45) is 3.61. The van der Waals surface area contributed by atoms with Gasteiger partial charge < -0.3 is 0 Å². The number of rotatable bonds is 1. The molecule has 0 saturated heterocycles. The van der Waals surface area contributed by atoms with Crippen LogP contribution in [0.3, 0.4) is 0 Å². The molecule has 1 atom stereocenters. The molecule has 0 spiro atoms. The van der Waals surface area contributed by atoms with E-state index < -0.39 is 0 Å². The number of fused-ring (bicyclic) bond motifs is 6. The standard InChI is InChI=1S/C29H24/c1-29(27-14-6-10-20-8-3-5-12-23(20)27)19-7-13-26-25-16-15-21-9-2-4-11-22(21)24(25)17-18-28(26)29/h2-6,8-12,14-18H,7,13,19H2,1H3. The Morgan fingerprint density at radius 2 is 1.24 bits per heavy atom. The lowest BCUT2D eigenvalue weighted by Gasteiger charge is -2.38. The second-order valence-electron chi connectivity index (χ2n) is 8.69. The molecule has 0 bridgehead atoms. The van der Waals surface area contributed by atoms with E-state index in [0.29, 0.717) is 0 Å². The van der Waals surface area contributed by atoms with Crippen molar-refractivity contribution >= 4 is 32.3 Å². The molecule has 0 amide bonds. The summed E-state index contributed by atoms with van der Waals surface area (Å²) in [5.74, 6) is 0. The predicted octanol–water partition coefficient (Wildman–Crippen LogP) is 7.79. The van der Waals surface area contributed by atoms with Crippen LogP contribution in [0.5, 0.6) is 0 Å². The molecule has 0 fully saturated rings. The first-order valence-corrected chi connectivity index (χ1v) is 10.7. The summed E-state index contributed by atoms with van der Waals surface area (Å²) in [4.78, 5) is 0. The molecule has 0 radical (unpaired) electrons. The highest BCUT2D eigenvalue weighted by Gasteiger charge is 2.35. The summed E-state index contributed by atoms with van der Waals surface area (Å²) in [5, 5.41) is 8.25. The minimum atomic E-state index is 0.0499. The van der Waals surface area contributed by atoms with Crippen molar-refractivity contribution in [3.8, 4) is 0 Å². The monoisotopic (exact) mass is 372 g/mol. The van der Waals surface area contributed by atoms with Crippen LogP contribution in [0.15, 0.2) is 91.0 Å². The molecule has 0 heterocycles. The zero-order valence-corrected chi connectivity index (χ0v) is 16.8. The van der Waals surface area contributed by atoms with Gasteiger partial charge in [0.15, 0.2) is 0 Å². The zero-order valence-electron chi connectivity index (χ0n) is 16.8. The first kappa shape index (κ1) is 16.8. The molecule has 6 rings (SSSR count). The molecule has 0 nitrogen and oxygen atoms in total. The van der Waals surface area contributed by atoms with Crippen molar-refractivity contribution < 1.29 is 0 Å². The third-order valence-corrected chi connectivity index (χ3v) is 7.12. The third-order valence-electron chi connectivity index (χ3n) is 7.12. The number of aryl methyl sites for hydroxylation is 1. The van der Waals surface area contributed by atoms with Crippen molar-refractivity contribution in [1.82, 2.24) is 0 Å². The van der Waals surface area contributed by atoms with Gasteiger partial charge in [-0.1, -0.05) is 97.9 Å². The Labute approximate surface area is 171 Å². The lowest BCUT2D eigenvalue weighted by molar-refractivity contribution is 0.470. The number of hydrogen-bond acceptors (Lipinski definition) is 0. The Balaban J connectivity index is 1.66. The molecule has 5 aromatic carbocycles. The average Bonchev–Trinajstić information content (AvgIpc) is 2.78. The fourth-order valence-electron chi connectivity index (χ4n) is 5.68. The van der Waals surface area contributed by atoms with E-state index >= 15 is 0 Å². The molecule has 140 valence electrons. The molecule has 0 saturated carbocycles. The first-order chi connectivity index (χ1) is 14.3. The lowest BCUT2D eigenvalue weighted by atomic mass is 9.65. The van der Waals surface area contributed by atoms with Crippen LogP contribution in [-0.4, -0.2) is 0 Å². The molecule has 1 aliphatic rings. The minimum Gasteiger partial charge on any atom is -0.0616 e. The van der Waals surface area contributed by atoms with E-state index in [1.165, 1.54) is 62.7 Å². The molecular formula is C29H24. The van der Waals surface area contributed by atoms with Gasteiger partial charge >= 0.3 is 0 Å². The predicted molar refractivity (Wildman–Crippen MR) is 125 cm³/mol. The normalized spacial score (nSPS) is 18.9. The SMILES string of the molecule is CC1(c2cccc3ccccc23)CCCc2c1ccc1c2ccc2ccccc21. The Morgan fingerprint density at radius 1 is 0.552 bits per heavy atom. The zero-order chi connectivity index (χ0) is 19.4. The van der Waals surface area contributed by atoms with Crippen molar-refractivity contribution in [3.63, 3.8) is 0 Å². The van der Waals surface area contributed by atoms with Crippen LogP contribution in [0.25, 0.3) is 32.3 Å². The summed E-state index contributed by atoms with van der Waals surface area (Å²) < 4.78 is 0. The van der Waals surface area contributed by atoms with Gasteiger partial charge in [-0.15, -0.1) is 0 Å². The van der Waals surface area contributed by atoms with Crippen LogP contribution >= 0.6 is 0 Å². The van der Waals surface area contributed by atoms with Crippen molar-refractivity contribution in [2.24, 2.45) is 0 Å². The molecule has 0 heteroatoms.